The lowest BCUT2D eigenvalue weighted by Crippen LogP contribution is -2.48. The molecule has 2 fully saturated rings. The number of carbonyl (C=O) groups is 2. The van der Waals surface area contributed by atoms with Gasteiger partial charge < -0.3 is 9.80 Å². The number of likely N-dealkylation sites (tertiary alicyclic amines) is 2. The third-order valence-electron chi connectivity index (χ3n) is 5.90. The van der Waals surface area contributed by atoms with E-state index in [1.165, 1.54) is 12.0 Å². The zero-order valence-electron chi connectivity index (χ0n) is 17.0. The van der Waals surface area contributed by atoms with Crippen LogP contribution in [0.2, 0.25) is 0 Å². The van der Waals surface area contributed by atoms with Crippen LogP contribution in [0.4, 0.5) is 0 Å². The van der Waals surface area contributed by atoms with Crippen LogP contribution >= 0.6 is 0 Å². The monoisotopic (exact) mass is 371 g/mol. The minimum atomic E-state index is -0.353. The number of amides is 2. The number of hydrogen-bond donors (Lipinski definition) is 0. The highest BCUT2D eigenvalue weighted by molar-refractivity contribution is 5.83. The Bertz CT molecular complexity index is 645. The summed E-state index contributed by atoms with van der Waals surface area (Å²) in [4.78, 5) is 34.1. The molecule has 3 heterocycles. The molecule has 1 aromatic rings. The molecule has 0 radical (unpaired) electrons. The van der Waals surface area contributed by atoms with Crippen molar-refractivity contribution in [1.29, 1.82) is 0 Å². The van der Waals surface area contributed by atoms with Crippen LogP contribution in [0.25, 0.3) is 0 Å². The van der Waals surface area contributed by atoms with Gasteiger partial charge in [-0.15, -0.1) is 0 Å². The maximum Gasteiger partial charge on any atom is 0.227 e. The molecule has 5 nitrogen and oxygen atoms in total. The van der Waals surface area contributed by atoms with Crippen LogP contribution in [0.5, 0.6) is 0 Å². The van der Waals surface area contributed by atoms with Crippen LogP contribution in [0.15, 0.2) is 24.5 Å². The Labute approximate surface area is 163 Å². The Balaban J connectivity index is 1.68. The smallest absolute Gasteiger partial charge is 0.227 e. The van der Waals surface area contributed by atoms with Gasteiger partial charge in [-0.3, -0.25) is 14.6 Å². The van der Waals surface area contributed by atoms with Crippen molar-refractivity contribution >= 4 is 11.8 Å². The molecule has 5 heteroatoms. The molecule has 1 aromatic heterocycles. The third-order valence-corrected chi connectivity index (χ3v) is 5.90. The van der Waals surface area contributed by atoms with Gasteiger partial charge in [0.2, 0.25) is 11.8 Å². The molecule has 3 rings (SSSR count). The molecule has 0 saturated carbocycles. The molecule has 0 bridgehead atoms. The highest BCUT2D eigenvalue weighted by Gasteiger charge is 2.36. The van der Waals surface area contributed by atoms with E-state index < -0.39 is 0 Å². The normalized spacial score (nSPS) is 22.4. The van der Waals surface area contributed by atoms with Crippen LogP contribution in [0.3, 0.4) is 0 Å². The minimum Gasteiger partial charge on any atom is -0.342 e. The molecule has 148 valence electrons. The van der Waals surface area contributed by atoms with Gasteiger partial charge >= 0.3 is 0 Å². The van der Waals surface area contributed by atoms with Gasteiger partial charge in [0.1, 0.15) is 0 Å². The van der Waals surface area contributed by atoms with Gasteiger partial charge in [-0.1, -0.05) is 33.6 Å². The Kier molecular flexibility index (Phi) is 6.18. The summed E-state index contributed by atoms with van der Waals surface area (Å²) in [5.41, 5.74) is 0.842. The van der Waals surface area contributed by atoms with Gasteiger partial charge in [-0.05, 0) is 43.4 Å². The summed E-state index contributed by atoms with van der Waals surface area (Å²) >= 11 is 0. The second-order valence-corrected chi connectivity index (χ2v) is 8.99. The van der Waals surface area contributed by atoms with Crippen molar-refractivity contribution in [2.24, 2.45) is 11.3 Å². The topological polar surface area (TPSA) is 53.5 Å². The fraction of sp³-hybridized carbons (Fsp3) is 0.682. The lowest BCUT2D eigenvalue weighted by Gasteiger charge is -2.38. The quantitative estimate of drug-likeness (QED) is 0.794. The van der Waals surface area contributed by atoms with Crippen LogP contribution in [-0.4, -0.2) is 46.2 Å². The van der Waals surface area contributed by atoms with Crippen LogP contribution in [0, 0.1) is 11.3 Å². The first kappa shape index (κ1) is 19.8. The summed E-state index contributed by atoms with van der Waals surface area (Å²) in [5.74, 6) is 0.510. The number of nitrogens with zero attached hydrogens (tertiary/aromatic N) is 3. The molecule has 2 amide bonds. The molecule has 2 saturated heterocycles. The highest BCUT2D eigenvalue weighted by Crippen LogP contribution is 2.33. The van der Waals surface area contributed by atoms with Crippen molar-refractivity contribution in [3.8, 4) is 0 Å². The zero-order chi connectivity index (χ0) is 19.4. The standard InChI is InChI=1S/C22H33N3O2/c1-22(2,3)21(27)24-15-10-18(11-16-24)20(26)25-14-6-4-5-7-19(25)17-8-12-23-13-9-17/h8-9,12-13,18-19H,4-7,10-11,14-16H2,1-3H3/t19-/m0/s1. The lowest BCUT2D eigenvalue weighted by molar-refractivity contribution is -0.146. The largest absolute Gasteiger partial charge is 0.342 e. The van der Waals surface area contributed by atoms with Crippen LogP contribution < -0.4 is 0 Å². The molecule has 0 spiro atoms. The number of rotatable bonds is 2. The Morgan fingerprint density at radius 3 is 2.26 bits per heavy atom. The summed E-state index contributed by atoms with van der Waals surface area (Å²) in [6.07, 6.45) is 9.64. The average molecular weight is 372 g/mol. The van der Waals surface area contributed by atoms with E-state index in [9.17, 15) is 9.59 Å². The number of piperidine rings is 1. The van der Waals surface area contributed by atoms with Crippen molar-refractivity contribution in [3.05, 3.63) is 30.1 Å². The summed E-state index contributed by atoms with van der Waals surface area (Å²) in [5, 5.41) is 0. The second kappa shape index (κ2) is 8.41. The van der Waals surface area contributed by atoms with E-state index in [4.69, 9.17) is 0 Å². The fourth-order valence-electron chi connectivity index (χ4n) is 4.34. The van der Waals surface area contributed by atoms with Crippen molar-refractivity contribution in [2.45, 2.75) is 65.3 Å². The molecule has 1 atom stereocenters. The van der Waals surface area contributed by atoms with Crippen molar-refractivity contribution in [2.75, 3.05) is 19.6 Å². The van der Waals surface area contributed by atoms with E-state index in [2.05, 4.69) is 9.88 Å². The van der Waals surface area contributed by atoms with Crippen LogP contribution in [-0.2, 0) is 9.59 Å². The molecule has 0 N–H and O–H groups in total. The van der Waals surface area contributed by atoms with Gasteiger partial charge in [-0.2, -0.15) is 0 Å². The third kappa shape index (κ3) is 4.69. The second-order valence-electron chi connectivity index (χ2n) is 8.99. The van der Waals surface area contributed by atoms with Crippen molar-refractivity contribution in [3.63, 3.8) is 0 Å². The van der Waals surface area contributed by atoms with E-state index >= 15 is 0 Å². The molecule has 0 unspecified atom stereocenters. The molecular formula is C22H33N3O2. The number of carbonyl (C=O) groups excluding carboxylic acids is 2. The fourth-order valence-corrected chi connectivity index (χ4v) is 4.34. The van der Waals surface area contributed by atoms with Gasteiger partial charge in [0.05, 0.1) is 6.04 Å². The molecule has 0 aliphatic carbocycles. The summed E-state index contributed by atoms with van der Waals surface area (Å²) in [7, 11) is 0. The predicted octanol–water partition coefficient (Wildman–Crippen LogP) is 3.81. The minimum absolute atomic E-state index is 0.0384. The Morgan fingerprint density at radius 2 is 1.63 bits per heavy atom. The maximum absolute atomic E-state index is 13.4. The van der Waals surface area contributed by atoms with Gasteiger partial charge in [0.15, 0.2) is 0 Å². The summed E-state index contributed by atoms with van der Waals surface area (Å²) in [6, 6.07) is 4.25. The van der Waals surface area contributed by atoms with E-state index in [0.717, 1.165) is 38.6 Å². The summed E-state index contributed by atoms with van der Waals surface area (Å²) in [6.45, 7) is 8.11. The van der Waals surface area contributed by atoms with E-state index in [-0.39, 0.29) is 29.2 Å². The van der Waals surface area contributed by atoms with Gasteiger partial charge in [0.25, 0.3) is 0 Å². The lowest BCUT2D eigenvalue weighted by atomic mass is 9.90. The van der Waals surface area contributed by atoms with Gasteiger partial charge in [0, 0.05) is 43.4 Å². The average Bonchev–Trinajstić information content (AvgIpc) is 2.93. The molecular weight excluding hydrogens is 338 g/mol. The number of pyridine rings is 1. The molecule has 2 aliphatic heterocycles. The first-order valence-corrected chi connectivity index (χ1v) is 10.4. The van der Waals surface area contributed by atoms with E-state index in [0.29, 0.717) is 13.1 Å². The highest BCUT2D eigenvalue weighted by atomic mass is 16.2. The molecule has 2 aliphatic rings. The SMILES string of the molecule is CC(C)(C)C(=O)N1CCC(C(=O)N2CCCCC[C@H]2c2ccncc2)CC1. The Hall–Kier alpha value is -1.91. The van der Waals surface area contributed by atoms with Gasteiger partial charge in [-0.25, -0.2) is 0 Å². The first-order chi connectivity index (χ1) is 12.9. The van der Waals surface area contributed by atoms with Crippen LogP contribution in [0.1, 0.15) is 70.9 Å². The summed E-state index contributed by atoms with van der Waals surface area (Å²) < 4.78 is 0. The number of hydrogen-bond acceptors (Lipinski definition) is 3. The predicted molar refractivity (Wildman–Crippen MR) is 106 cm³/mol. The van der Waals surface area contributed by atoms with Crippen molar-refractivity contribution < 1.29 is 9.59 Å². The van der Waals surface area contributed by atoms with E-state index in [1.807, 2.05) is 50.2 Å². The number of aromatic nitrogens is 1. The molecule has 0 aromatic carbocycles. The van der Waals surface area contributed by atoms with E-state index in [1.54, 1.807) is 0 Å². The molecule has 27 heavy (non-hydrogen) atoms. The maximum atomic E-state index is 13.4. The zero-order valence-corrected chi connectivity index (χ0v) is 17.0. The first-order valence-electron chi connectivity index (χ1n) is 10.4. The van der Waals surface area contributed by atoms with Crippen molar-refractivity contribution in [1.82, 2.24) is 14.8 Å². The Morgan fingerprint density at radius 1 is 0.963 bits per heavy atom.